The van der Waals surface area contributed by atoms with Crippen molar-refractivity contribution in [3.63, 3.8) is 0 Å². The first-order valence-corrected chi connectivity index (χ1v) is 8.95. The maximum Gasteiger partial charge on any atom is 0.306 e. The molecule has 0 aromatic heterocycles. The maximum absolute atomic E-state index is 11.7. The summed E-state index contributed by atoms with van der Waals surface area (Å²) in [6.07, 6.45) is 7.34. The molecule has 2 N–H and O–H groups in total. The van der Waals surface area contributed by atoms with Gasteiger partial charge in [0.1, 0.15) is 0 Å². The summed E-state index contributed by atoms with van der Waals surface area (Å²) in [5, 5.41) is 19.1. The summed E-state index contributed by atoms with van der Waals surface area (Å²) in [4.78, 5) is 23.3. The van der Waals surface area contributed by atoms with Crippen LogP contribution < -0.4 is 0 Å². The Kier molecular flexibility index (Phi) is 5.87. The monoisotopic (exact) mass is 310 g/mol. The average Bonchev–Trinajstić information content (AvgIpc) is 2.46. The molecule has 4 nitrogen and oxygen atoms in total. The summed E-state index contributed by atoms with van der Waals surface area (Å²) in [7, 11) is 0. The number of fused-ring (bicyclic) bond motifs is 1. The zero-order valence-corrected chi connectivity index (χ0v) is 13.8. The predicted molar refractivity (Wildman–Crippen MR) is 84.5 cm³/mol. The van der Waals surface area contributed by atoms with Gasteiger partial charge in [0, 0.05) is 0 Å². The second-order valence-electron chi connectivity index (χ2n) is 7.36. The van der Waals surface area contributed by atoms with Gasteiger partial charge < -0.3 is 10.2 Å². The lowest BCUT2D eigenvalue weighted by Crippen LogP contribution is -2.45. The molecule has 2 saturated carbocycles. The Balaban J connectivity index is 2.20. The van der Waals surface area contributed by atoms with Crippen LogP contribution in [0.1, 0.15) is 65.2 Å². The van der Waals surface area contributed by atoms with Gasteiger partial charge in [-0.15, -0.1) is 0 Å². The van der Waals surface area contributed by atoms with Gasteiger partial charge in [-0.1, -0.05) is 26.7 Å². The van der Waals surface area contributed by atoms with E-state index < -0.39 is 11.9 Å². The topological polar surface area (TPSA) is 74.6 Å². The molecule has 2 rings (SSSR count). The van der Waals surface area contributed by atoms with E-state index in [0.717, 1.165) is 44.9 Å². The Labute approximate surface area is 133 Å². The number of aliphatic carboxylic acids is 2. The Bertz CT molecular complexity index is 406. The van der Waals surface area contributed by atoms with Gasteiger partial charge >= 0.3 is 11.9 Å². The van der Waals surface area contributed by atoms with E-state index in [9.17, 15) is 19.8 Å². The minimum Gasteiger partial charge on any atom is -0.481 e. The molecule has 4 heteroatoms. The lowest BCUT2D eigenvalue weighted by Gasteiger charge is -2.48. The third-order valence-electron chi connectivity index (χ3n) is 6.14. The first-order chi connectivity index (χ1) is 10.5. The number of carbonyl (C=O) groups is 2. The first-order valence-electron chi connectivity index (χ1n) is 8.95. The van der Waals surface area contributed by atoms with Crippen molar-refractivity contribution in [3.05, 3.63) is 0 Å². The number of hydrogen-bond acceptors (Lipinski definition) is 2. The summed E-state index contributed by atoms with van der Waals surface area (Å²) in [5.74, 6) is -0.600. The van der Waals surface area contributed by atoms with Crippen LogP contribution in [0.2, 0.25) is 0 Å². The Hall–Kier alpha value is -1.06. The zero-order chi connectivity index (χ0) is 16.3. The molecular weight excluding hydrogens is 280 g/mol. The Morgan fingerprint density at radius 3 is 2.09 bits per heavy atom. The molecule has 0 heterocycles. The summed E-state index contributed by atoms with van der Waals surface area (Å²) in [6.45, 7) is 4.21. The highest BCUT2D eigenvalue weighted by molar-refractivity contribution is 5.71. The van der Waals surface area contributed by atoms with Gasteiger partial charge in [0.2, 0.25) is 0 Å². The largest absolute Gasteiger partial charge is 0.481 e. The van der Waals surface area contributed by atoms with Crippen LogP contribution in [-0.4, -0.2) is 22.2 Å². The van der Waals surface area contributed by atoms with Crippen molar-refractivity contribution in [1.29, 1.82) is 0 Å². The van der Waals surface area contributed by atoms with Crippen molar-refractivity contribution in [3.8, 4) is 0 Å². The number of carboxylic acid groups (broad SMARTS) is 2. The quantitative estimate of drug-likeness (QED) is 0.776. The van der Waals surface area contributed by atoms with E-state index in [-0.39, 0.29) is 23.7 Å². The molecule has 2 aliphatic rings. The third kappa shape index (κ3) is 3.47. The highest BCUT2D eigenvalue weighted by atomic mass is 16.4. The third-order valence-corrected chi connectivity index (χ3v) is 6.14. The van der Waals surface area contributed by atoms with Crippen molar-refractivity contribution in [1.82, 2.24) is 0 Å². The van der Waals surface area contributed by atoms with Crippen LogP contribution in [-0.2, 0) is 9.59 Å². The lowest BCUT2D eigenvalue weighted by atomic mass is 9.56. The highest BCUT2D eigenvalue weighted by Crippen LogP contribution is 2.52. The Morgan fingerprint density at radius 2 is 1.55 bits per heavy atom. The molecule has 2 aliphatic carbocycles. The first kappa shape index (κ1) is 17.3. The van der Waals surface area contributed by atoms with Crippen molar-refractivity contribution < 1.29 is 19.8 Å². The van der Waals surface area contributed by atoms with E-state index in [0.29, 0.717) is 18.3 Å². The molecule has 126 valence electrons. The number of hydrogen-bond donors (Lipinski definition) is 2. The van der Waals surface area contributed by atoms with Crippen LogP contribution in [0.25, 0.3) is 0 Å². The van der Waals surface area contributed by atoms with Gasteiger partial charge in [-0.25, -0.2) is 0 Å². The highest BCUT2D eigenvalue weighted by Gasteiger charge is 2.48. The molecule has 6 unspecified atom stereocenters. The fourth-order valence-corrected chi connectivity index (χ4v) is 5.22. The van der Waals surface area contributed by atoms with Crippen LogP contribution in [0, 0.1) is 35.5 Å². The van der Waals surface area contributed by atoms with Crippen LogP contribution in [0.4, 0.5) is 0 Å². The van der Waals surface area contributed by atoms with Gasteiger partial charge in [-0.05, 0) is 62.2 Å². The fourth-order valence-electron chi connectivity index (χ4n) is 5.22. The second kappa shape index (κ2) is 7.47. The van der Waals surface area contributed by atoms with Gasteiger partial charge in [0.15, 0.2) is 0 Å². The molecule has 6 atom stereocenters. The lowest BCUT2D eigenvalue weighted by molar-refractivity contribution is -0.152. The van der Waals surface area contributed by atoms with Crippen LogP contribution >= 0.6 is 0 Å². The van der Waals surface area contributed by atoms with Crippen molar-refractivity contribution in [2.45, 2.75) is 65.2 Å². The predicted octanol–water partition coefficient (Wildman–Crippen LogP) is 4.04. The average molecular weight is 310 g/mol. The number of rotatable bonds is 6. The van der Waals surface area contributed by atoms with E-state index in [1.54, 1.807) is 0 Å². The molecule has 0 amide bonds. The standard InChI is InChI=1S/C18H30O4/c1-3-5-11-9-12-7-8-14(17(19)20)13(6-4-2)15(12)10-16(11)18(21)22/h11-16H,3-10H2,1-2H3,(H,19,20)(H,21,22). The molecule has 2 fully saturated rings. The SMILES string of the molecule is CCCC1CC2CCC(C(=O)O)C(CCC)C2CC1C(=O)O. The van der Waals surface area contributed by atoms with Crippen molar-refractivity contribution in [2.75, 3.05) is 0 Å². The molecule has 0 bridgehead atoms. The van der Waals surface area contributed by atoms with Gasteiger partial charge in [0.05, 0.1) is 11.8 Å². The van der Waals surface area contributed by atoms with Gasteiger partial charge in [-0.3, -0.25) is 9.59 Å². The second-order valence-corrected chi connectivity index (χ2v) is 7.36. The summed E-state index contributed by atoms with van der Waals surface area (Å²) in [5.41, 5.74) is 0. The molecule has 0 aromatic carbocycles. The smallest absolute Gasteiger partial charge is 0.306 e. The van der Waals surface area contributed by atoms with Crippen molar-refractivity contribution >= 4 is 11.9 Å². The van der Waals surface area contributed by atoms with Crippen LogP contribution in [0.15, 0.2) is 0 Å². The van der Waals surface area contributed by atoms with E-state index in [4.69, 9.17) is 0 Å². The van der Waals surface area contributed by atoms with Crippen molar-refractivity contribution in [2.24, 2.45) is 35.5 Å². The molecular formula is C18H30O4. The number of carboxylic acids is 2. The fraction of sp³-hybridized carbons (Fsp3) is 0.889. The van der Waals surface area contributed by atoms with Crippen LogP contribution in [0.5, 0.6) is 0 Å². The minimum atomic E-state index is -0.681. The molecule has 0 saturated heterocycles. The zero-order valence-electron chi connectivity index (χ0n) is 13.8. The van der Waals surface area contributed by atoms with E-state index in [1.807, 2.05) is 0 Å². The molecule has 0 aliphatic heterocycles. The summed E-state index contributed by atoms with van der Waals surface area (Å²) >= 11 is 0. The normalized spacial score (nSPS) is 38.3. The molecule has 0 spiro atoms. The molecule has 0 aromatic rings. The molecule has 22 heavy (non-hydrogen) atoms. The summed E-state index contributed by atoms with van der Waals surface area (Å²) in [6, 6.07) is 0. The van der Waals surface area contributed by atoms with Gasteiger partial charge in [0.25, 0.3) is 0 Å². The van der Waals surface area contributed by atoms with Gasteiger partial charge in [-0.2, -0.15) is 0 Å². The van der Waals surface area contributed by atoms with E-state index in [2.05, 4.69) is 13.8 Å². The minimum absolute atomic E-state index is 0.172. The maximum atomic E-state index is 11.7. The van der Waals surface area contributed by atoms with E-state index in [1.165, 1.54) is 0 Å². The summed E-state index contributed by atoms with van der Waals surface area (Å²) < 4.78 is 0. The van der Waals surface area contributed by atoms with E-state index >= 15 is 0 Å². The van der Waals surface area contributed by atoms with Crippen LogP contribution in [0.3, 0.4) is 0 Å². The Morgan fingerprint density at radius 1 is 0.909 bits per heavy atom. The molecule has 0 radical (unpaired) electrons.